The number of aliphatic hydroxyl groups excluding tert-OH is 1. The van der Waals surface area contributed by atoms with Gasteiger partial charge in [-0.15, -0.1) is 0 Å². The molecule has 6 heteroatoms. The minimum absolute atomic E-state index is 0.163. The van der Waals surface area contributed by atoms with Crippen LogP contribution in [0.15, 0.2) is 12.3 Å². The third-order valence-electron chi connectivity index (χ3n) is 1.75. The van der Waals surface area contributed by atoms with Crippen molar-refractivity contribution < 1.29 is 9.90 Å². The largest absolute Gasteiger partial charge is 0.394 e. The Morgan fingerprint density at radius 2 is 2.36 bits per heavy atom. The first kappa shape index (κ1) is 10.9. The van der Waals surface area contributed by atoms with Crippen molar-refractivity contribution in [1.29, 1.82) is 0 Å². The van der Waals surface area contributed by atoms with E-state index in [-0.39, 0.29) is 17.3 Å². The number of primary amides is 1. The van der Waals surface area contributed by atoms with Crippen LogP contribution in [-0.2, 0) is 0 Å². The molecule has 0 saturated carbocycles. The van der Waals surface area contributed by atoms with Crippen molar-refractivity contribution >= 4 is 17.5 Å². The number of hydrogen-bond donors (Lipinski definition) is 3. The molecule has 0 saturated heterocycles. The van der Waals surface area contributed by atoms with Crippen LogP contribution < -0.4 is 11.5 Å². The summed E-state index contributed by atoms with van der Waals surface area (Å²) in [5.74, 6) is -0.611. The molecule has 0 unspecified atom stereocenters. The minimum Gasteiger partial charge on any atom is -0.394 e. The summed E-state index contributed by atoms with van der Waals surface area (Å²) in [5.41, 5.74) is 11.2. The zero-order chi connectivity index (χ0) is 10.7. The first-order valence-electron chi connectivity index (χ1n) is 3.88. The second-order valence-electron chi connectivity index (χ2n) is 2.76. The molecule has 76 valence electrons. The van der Waals surface area contributed by atoms with Gasteiger partial charge in [-0.2, -0.15) is 0 Å². The fourth-order valence-corrected chi connectivity index (χ4v) is 1.20. The molecule has 5 nitrogen and oxygen atoms in total. The second kappa shape index (κ2) is 4.36. The molecule has 0 spiro atoms. The third kappa shape index (κ3) is 2.20. The zero-order valence-corrected chi connectivity index (χ0v) is 8.03. The lowest BCUT2D eigenvalue weighted by atomic mass is 10.1. The van der Waals surface area contributed by atoms with Gasteiger partial charge >= 0.3 is 0 Å². The molecule has 0 aliphatic rings. The van der Waals surface area contributed by atoms with Crippen molar-refractivity contribution in [2.24, 2.45) is 11.5 Å². The summed E-state index contributed by atoms with van der Waals surface area (Å²) in [6, 6.07) is 0.771. The van der Waals surface area contributed by atoms with Gasteiger partial charge in [-0.3, -0.25) is 4.79 Å². The molecule has 0 fully saturated rings. The van der Waals surface area contributed by atoms with Crippen LogP contribution in [0.2, 0.25) is 5.15 Å². The van der Waals surface area contributed by atoms with Gasteiger partial charge in [0.25, 0.3) is 0 Å². The van der Waals surface area contributed by atoms with Crippen LogP contribution in [-0.4, -0.2) is 22.6 Å². The van der Waals surface area contributed by atoms with Crippen LogP contribution >= 0.6 is 11.6 Å². The highest BCUT2D eigenvalue weighted by Crippen LogP contribution is 2.19. The summed E-state index contributed by atoms with van der Waals surface area (Å²) in [4.78, 5) is 14.6. The maximum Gasteiger partial charge on any atom is 0.250 e. The first-order chi connectivity index (χ1) is 6.56. The Bertz CT molecular complexity index is 356. The molecule has 0 aliphatic carbocycles. The van der Waals surface area contributed by atoms with E-state index in [1.807, 2.05) is 0 Å². The van der Waals surface area contributed by atoms with Gasteiger partial charge in [-0.25, -0.2) is 4.98 Å². The fraction of sp³-hybridized carbons (Fsp3) is 0.250. The summed E-state index contributed by atoms with van der Waals surface area (Å²) >= 11 is 5.72. The van der Waals surface area contributed by atoms with Crippen molar-refractivity contribution in [3.05, 3.63) is 28.5 Å². The minimum atomic E-state index is -0.658. The number of carbonyl (C=O) groups is 1. The van der Waals surface area contributed by atoms with E-state index in [9.17, 15) is 4.79 Å². The van der Waals surface area contributed by atoms with E-state index in [1.54, 1.807) is 0 Å². The van der Waals surface area contributed by atoms with E-state index in [4.69, 9.17) is 28.2 Å². The molecular weight excluding hydrogens is 206 g/mol. The summed E-state index contributed by atoms with van der Waals surface area (Å²) in [5, 5.41) is 8.98. The Kier molecular flexibility index (Phi) is 3.40. The predicted molar refractivity (Wildman–Crippen MR) is 51.8 cm³/mol. The topological polar surface area (TPSA) is 102 Å². The highest BCUT2D eigenvalue weighted by atomic mass is 35.5. The van der Waals surface area contributed by atoms with Crippen molar-refractivity contribution in [3.63, 3.8) is 0 Å². The standard InChI is InChI=1S/C8H10ClN3O2/c9-7-5(6(10)3-13)1-4(2-12-7)8(11)14/h1-2,6,13H,3,10H2,(H2,11,14)/t6-/m0/s1. The number of nitrogens with two attached hydrogens (primary N) is 2. The number of amides is 1. The van der Waals surface area contributed by atoms with E-state index >= 15 is 0 Å². The number of halogens is 1. The summed E-state index contributed by atoms with van der Waals surface area (Å²) in [6.07, 6.45) is 1.26. The average Bonchev–Trinajstić information content (AvgIpc) is 2.17. The van der Waals surface area contributed by atoms with Crippen LogP contribution in [0.5, 0.6) is 0 Å². The van der Waals surface area contributed by atoms with Crippen molar-refractivity contribution in [1.82, 2.24) is 4.98 Å². The zero-order valence-electron chi connectivity index (χ0n) is 7.27. The Morgan fingerprint density at radius 1 is 1.71 bits per heavy atom. The molecule has 1 rings (SSSR count). The molecule has 0 radical (unpaired) electrons. The van der Waals surface area contributed by atoms with Crippen LogP contribution in [0.25, 0.3) is 0 Å². The first-order valence-corrected chi connectivity index (χ1v) is 4.25. The fourth-order valence-electron chi connectivity index (χ4n) is 0.958. The predicted octanol–water partition coefficient (Wildman–Crippen LogP) is -0.174. The van der Waals surface area contributed by atoms with Gasteiger partial charge in [0.15, 0.2) is 0 Å². The molecule has 1 atom stereocenters. The van der Waals surface area contributed by atoms with Gasteiger partial charge in [0.05, 0.1) is 18.2 Å². The van der Waals surface area contributed by atoms with Gasteiger partial charge < -0.3 is 16.6 Å². The van der Waals surface area contributed by atoms with Crippen LogP contribution in [0.1, 0.15) is 22.0 Å². The number of aliphatic hydroxyl groups is 1. The van der Waals surface area contributed by atoms with Crippen molar-refractivity contribution in [2.45, 2.75) is 6.04 Å². The molecule has 0 aliphatic heterocycles. The lowest BCUT2D eigenvalue weighted by Gasteiger charge is -2.10. The van der Waals surface area contributed by atoms with E-state index in [2.05, 4.69) is 4.98 Å². The molecule has 1 aromatic rings. The van der Waals surface area contributed by atoms with Gasteiger partial charge in [0.1, 0.15) is 5.15 Å². The molecule has 5 N–H and O–H groups in total. The molecule has 1 amide bonds. The van der Waals surface area contributed by atoms with Gasteiger partial charge in [0, 0.05) is 11.8 Å². The average molecular weight is 216 g/mol. The van der Waals surface area contributed by atoms with E-state index in [0.29, 0.717) is 5.56 Å². The third-order valence-corrected chi connectivity index (χ3v) is 2.06. The van der Waals surface area contributed by atoms with Crippen LogP contribution in [0.3, 0.4) is 0 Å². The number of carbonyl (C=O) groups excluding carboxylic acids is 1. The highest BCUT2D eigenvalue weighted by molar-refractivity contribution is 6.30. The molecule has 14 heavy (non-hydrogen) atoms. The molecule has 0 aromatic carbocycles. The Morgan fingerprint density at radius 3 is 2.86 bits per heavy atom. The number of hydrogen-bond acceptors (Lipinski definition) is 4. The highest BCUT2D eigenvalue weighted by Gasteiger charge is 2.12. The van der Waals surface area contributed by atoms with E-state index < -0.39 is 11.9 Å². The second-order valence-corrected chi connectivity index (χ2v) is 3.12. The lowest BCUT2D eigenvalue weighted by Crippen LogP contribution is -2.18. The smallest absolute Gasteiger partial charge is 0.250 e. The van der Waals surface area contributed by atoms with E-state index in [0.717, 1.165) is 0 Å². The lowest BCUT2D eigenvalue weighted by molar-refractivity contribution is 0.0999. The monoisotopic (exact) mass is 215 g/mol. The molecule has 1 heterocycles. The van der Waals surface area contributed by atoms with Gasteiger partial charge in [0.2, 0.25) is 5.91 Å². The molecule has 1 aromatic heterocycles. The van der Waals surface area contributed by atoms with Gasteiger partial charge in [-0.05, 0) is 6.07 Å². The number of rotatable bonds is 3. The normalized spacial score (nSPS) is 12.5. The Hall–Kier alpha value is -1.17. The van der Waals surface area contributed by atoms with E-state index in [1.165, 1.54) is 12.3 Å². The summed E-state index contributed by atoms with van der Waals surface area (Å²) in [6.45, 7) is -0.274. The quantitative estimate of drug-likeness (QED) is 0.609. The maximum absolute atomic E-state index is 10.8. The maximum atomic E-state index is 10.8. The molecule has 0 bridgehead atoms. The Labute approximate surface area is 85.7 Å². The van der Waals surface area contributed by atoms with Gasteiger partial charge in [-0.1, -0.05) is 11.6 Å². The Balaban J connectivity index is 3.14. The van der Waals surface area contributed by atoms with Crippen molar-refractivity contribution in [2.75, 3.05) is 6.61 Å². The van der Waals surface area contributed by atoms with Crippen molar-refractivity contribution in [3.8, 4) is 0 Å². The number of pyridine rings is 1. The molecular formula is C8H10ClN3O2. The number of nitrogens with zero attached hydrogens (tertiary/aromatic N) is 1. The van der Waals surface area contributed by atoms with Crippen LogP contribution in [0.4, 0.5) is 0 Å². The summed E-state index contributed by atoms with van der Waals surface area (Å²) < 4.78 is 0. The SMILES string of the molecule is NC(=O)c1cnc(Cl)c([C@@H](N)CO)c1. The summed E-state index contributed by atoms with van der Waals surface area (Å²) in [7, 11) is 0. The number of aromatic nitrogens is 1. The van der Waals surface area contributed by atoms with Crippen LogP contribution in [0, 0.1) is 0 Å².